The van der Waals surface area contributed by atoms with E-state index in [-0.39, 0.29) is 17.9 Å². The van der Waals surface area contributed by atoms with Gasteiger partial charge in [-0.1, -0.05) is 30.3 Å². The van der Waals surface area contributed by atoms with Crippen LogP contribution in [0.2, 0.25) is 0 Å². The van der Waals surface area contributed by atoms with Gasteiger partial charge in [0, 0.05) is 0 Å². The maximum Gasteiger partial charge on any atom is 0.326 e. The fourth-order valence-corrected chi connectivity index (χ4v) is 2.34. The maximum absolute atomic E-state index is 13.3. The lowest BCUT2D eigenvalue weighted by Crippen LogP contribution is -2.35. The van der Waals surface area contributed by atoms with Crippen LogP contribution in [0.5, 0.6) is 0 Å². The first-order valence-corrected chi connectivity index (χ1v) is 6.91. The molecule has 1 amide bonds. The van der Waals surface area contributed by atoms with Crippen molar-refractivity contribution < 1.29 is 23.5 Å². The second-order valence-electron chi connectivity index (χ2n) is 5.03. The van der Waals surface area contributed by atoms with Crippen molar-refractivity contribution in [3.05, 3.63) is 65.5 Å². The Bertz CT molecular complexity index is 788. The van der Waals surface area contributed by atoms with Crippen LogP contribution in [0.1, 0.15) is 15.9 Å². The fourth-order valence-electron chi connectivity index (χ4n) is 2.34. The molecule has 0 spiro atoms. The van der Waals surface area contributed by atoms with E-state index in [1.54, 1.807) is 12.1 Å². The summed E-state index contributed by atoms with van der Waals surface area (Å²) in [5, 5.41) is 0. The maximum atomic E-state index is 13.3. The molecule has 6 heteroatoms. The predicted octanol–water partition coefficient (Wildman–Crippen LogP) is 2.10. The first-order valence-electron chi connectivity index (χ1n) is 6.91. The number of amides is 1. The van der Waals surface area contributed by atoms with Gasteiger partial charge in [-0.3, -0.25) is 19.3 Å². The standard InChI is InChI=1S/C17H12FNO4/c18-12-6-7-13-14(8-12)19(17(22)16(13)21)9-15(20)23-10-11-4-2-1-3-5-11/h1-8H,9-10H2. The zero-order chi connectivity index (χ0) is 16.4. The third kappa shape index (κ3) is 2.96. The van der Waals surface area contributed by atoms with Gasteiger partial charge in [-0.25, -0.2) is 4.39 Å². The van der Waals surface area contributed by atoms with Crippen molar-refractivity contribution in [2.75, 3.05) is 11.4 Å². The fraction of sp³-hybridized carbons (Fsp3) is 0.118. The Labute approximate surface area is 131 Å². The van der Waals surface area contributed by atoms with E-state index in [2.05, 4.69) is 0 Å². The van der Waals surface area contributed by atoms with E-state index in [0.717, 1.165) is 22.6 Å². The Morgan fingerprint density at radius 3 is 2.57 bits per heavy atom. The van der Waals surface area contributed by atoms with Gasteiger partial charge in [-0.2, -0.15) is 0 Å². The Morgan fingerprint density at radius 1 is 1.09 bits per heavy atom. The van der Waals surface area contributed by atoms with Crippen molar-refractivity contribution in [3.8, 4) is 0 Å². The molecule has 0 unspecified atom stereocenters. The van der Waals surface area contributed by atoms with Gasteiger partial charge in [-0.05, 0) is 23.8 Å². The van der Waals surface area contributed by atoms with Crippen LogP contribution in [0.15, 0.2) is 48.5 Å². The highest BCUT2D eigenvalue weighted by Gasteiger charge is 2.37. The molecular weight excluding hydrogens is 301 g/mol. The van der Waals surface area contributed by atoms with Crippen LogP contribution < -0.4 is 4.90 Å². The second-order valence-corrected chi connectivity index (χ2v) is 5.03. The topological polar surface area (TPSA) is 63.7 Å². The molecule has 1 aliphatic heterocycles. The first kappa shape index (κ1) is 14.9. The van der Waals surface area contributed by atoms with Crippen molar-refractivity contribution in [1.82, 2.24) is 0 Å². The van der Waals surface area contributed by atoms with Gasteiger partial charge >= 0.3 is 5.97 Å². The first-order chi connectivity index (χ1) is 11.1. The number of ether oxygens (including phenoxy) is 1. The average Bonchev–Trinajstić information content (AvgIpc) is 2.78. The number of esters is 1. The molecule has 1 aliphatic rings. The predicted molar refractivity (Wildman–Crippen MR) is 79.3 cm³/mol. The van der Waals surface area contributed by atoms with E-state index in [4.69, 9.17) is 4.74 Å². The summed E-state index contributed by atoms with van der Waals surface area (Å²) in [7, 11) is 0. The van der Waals surface area contributed by atoms with Crippen LogP contribution in [0.25, 0.3) is 0 Å². The number of fused-ring (bicyclic) bond motifs is 1. The number of rotatable bonds is 4. The normalized spacial score (nSPS) is 13.2. The van der Waals surface area contributed by atoms with Gasteiger partial charge in [0.15, 0.2) is 0 Å². The van der Waals surface area contributed by atoms with E-state index in [0.29, 0.717) is 0 Å². The summed E-state index contributed by atoms with van der Waals surface area (Å²) in [5.74, 6) is -2.88. The number of Topliss-reactive ketones (excluding diaryl/α,β-unsaturated/α-hetero) is 1. The number of benzene rings is 2. The van der Waals surface area contributed by atoms with Crippen LogP contribution in [-0.4, -0.2) is 24.2 Å². The zero-order valence-corrected chi connectivity index (χ0v) is 12.0. The number of hydrogen-bond acceptors (Lipinski definition) is 4. The van der Waals surface area contributed by atoms with Crippen molar-refractivity contribution in [1.29, 1.82) is 0 Å². The van der Waals surface area contributed by atoms with E-state index < -0.39 is 30.0 Å². The molecular formula is C17H12FNO4. The lowest BCUT2D eigenvalue weighted by atomic mass is 10.1. The minimum Gasteiger partial charge on any atom is -0.459 e. The summed E-state index contributed by atoms with van der Waals surface area (Å²) >= 11 is 0. The molecule has 5 nitrogen and oxygen atoms in total. The van der Waals surface area contributed by atoms with Crippen LogP contribution in [-0.2, 0) is 20.9 Å². The van der Waals surface area contributed by atoms with Crippen LogP contribution >= 0.6 is 0 Å². The van der Waals surface area contributed by atoms with Gasteiger partial charge < -0.3 is 4.74 Å². The van der Waals surface area contributed by atoms with E-state index in [9.17, 15) is 18.8 Å². The molecule has 0 saturated heterocycles. The van der Waals surface area contributed by atoms with E-state index in [1.165, 1.54) is 6.07 Å². The highest BCUT2D eigenvalue weighted by atomic mass is 19.1. The average molecular weight is 313 g/mol. The smallest absolute Gasteiger partial charge is 0.326 e. The molecule has 2 aromatic rings. The Kier molecular flexibility index (Phi) is 3.89. The van der Waals surface area contributed by atoms with Crippen molar-refractivity contribution in [2.45, 2.75) is 6.61 Å². The largest absolute Gasteiger partial charge is 0.459 e. The monoisotopic (exact) mass is 313 g/mol. The van der Waals surface area contributed by atoms with Gasteiger partial charge in [0.05, 0.1) is 11.3 Å². The highest BCUT2D eigenvalue weighted by Crippen LogP contribution is 2.29. The number of anilines is 1. The van der Waals surface area contributed by atoms with Crippen LogP contribution in [0, 0.1) is 5.82 Å². The molecule has 0 fully saturated rings. The number of nitrogens with zero attached hydrogens (tertiary/aromatic N) is 1. The van der Waals surface area contributed by atoms with Crippen LogP contribution in [0.4, 0.5) is 10.1 Å². The zero-order valence-electron chi connectivity index (χ0n) is 12.0. The molecule has 116 valence electrons. The van der Waals surface area contributed by atoms with E-state index >= 15 is 0 Å². The number of carbonyl (C=O) groups is 3. The third-order valence-electron chi connectivity index (χ3n) is 3.46. The quantitative estimate of drug-likeness (QED) is 0.640. The van der Waals surface area contributed by atoms with Gasteiger partial charge in [0.1, 0.15) is 19.0 Å². The summed E-state index contributed by atoms with van der Waals surface area (Å²) in [4.78, 5) is 36.6. The summed E-state index contributed by atoms with van der Waals surface area (Å²) in [5.41, 5.74) is 0.986. The van der Waals surface area contributed by atoms with Gasteiger partial charge in [0.25, 0.3) is 11.7 Å². The van der Waals surface area contributed by atoms with Gasteiger partial charge in [0.2, 0.25) is 0 Å². The molecule has 2 aromatic carbocycles. The van der Waals surface area contributed by atoms with Crippen molar-refractivity contribution >= 4 is 23.3 Å². The molecule has 0 aliphatic carbocycles. The number of halogens is 1. The molecule has 0 radical (unpaired) electrons. The minimum absolute atomic E-state index is 0.0612. The number of ketones is 1. The van der Waals surface area contributed by atoms with Crippen LogP contribution in [0.3, 0.4) is 0 Å². The second kappa shape index (κ2) is 6.00. The Balaban J connectivity index is 1.70. The van der Waals surface area contributed by atoms with Crippen molar-refractivity contribution in [2.24, 2.45) is 0 Å². The minimum atomic E-state index is -0.859. The molecule has 1 heterocycles. The lowest BCUT2D eigenvalue weighted by Gasteiger charge is -2.15. The van der Waals surface area contributed by atoms with E-state index in [1.807, 2.05) is 18.2 Å². The molecule has 0 atom stereocenters. The summed E-state index contributed by atoms with van der Waals surface area (Å²) in [6, 6.07) is 12.4. The summed E-state index contributed by atoms with van der Waals surface area (Å²) < 4.78 is 18.4. The van der Waals surface area contributed by atoms with Gasteiger partial charge in [-0.15, -0.1) is 0 Å². The molecule has 0 saturated carbocycles. The molecule has 0 aromatic heterocycles. The summed E-state index contributed by atoms with van der Waals surface area (Å²) in [6.45, 7) is -0.375. The third-order valence-corrected chi connectivity index (χ3v) is 3.46. The molecule has 23 heavy (non-hydrogen) atoms. The summed E-state index contributed by atoms with van der Waals surface area (Å²) in [6.07, 6.45) is 0. The molecule has 0 bridgehead atoms. The SMILES string of the molecule is O=C(CN1C(=O)C(=O)c2ccc(F)cc21)OCc1ccccc1. The number of carbonyl (C=O) groups excluding carboxylic acids is 3. The molecule has 0 N–H and O–H groups in total. The highest BCUT2D eigenvalue weighted by molar-refractivity contribution is 6.52. The van der Waals surface area contributed by atoms with Crippen molar-refractivity contribution in [3.63, 3.8) is 0 Å². The Morgan fingerprint density at radius 2 is 1.83 bits per heavy atom. The lowest BCUT2D eigenvalue weighted by molar-refractivity contribution is -0.143. The molecule has 3 rings (SSSR count). The Hall–Kier alpha value is -3.02. The number of hydrogen-bond donors (Lipinski definition) is 0.